The highest BCUT2D eigenvalue weighted by Gasteiger charge is 2.15. The van der Waals surface area contributed by atoms with Crippen molar-refractivity contribution in [3.63, 3.8) is 0 Å². The topological polar surface area (TPSA) is 41.6 Å². The summed E-state index contributed by atoms with van der Waals surface area (Å²) in [6.07, 6.45) is 3.22. The molecule has 1 atom stereocenters. The summed E-state index contributed by atoms with van der Waals surface area (Å²) in [7, 11) is 0. The fourth-order valence-electron chi connectivity index (χ4n) is 2.92. The molecule has 132 valence electrons. The molecule has 0 saturated carbocycles. The molecule has 1 aliphatic rings. The average Bonchev–Trinajstić information content (AvgIpc) is 2.65. The van der Waals surface area contributed by atoms with Crippen LogP contribution in [-0.2, 0) is 4.79 Å². The maximum absolute atomic E-state index is 12.3. The van der Waals surface area contributed by atoms with Gasteiger partial charge in [0, 0.05) is 29.5 Å². The summed E-state index contributed by atoms with van der Waals surface area (Å²) >= 11 is 5.85. The molecule has 25 heavy (non-hydrogen) atoms. The number of carbonyl (C=O) groups is 1. The second-order valence-corrected chi connectivity index (χ2v) is 6.73. The number of nitrogens with one attached hydrogen (secondary N) is 1. The van der Waals surface area contributed by atoms with Crippen molar-refractivity contribution in [3.05, 3.63) is 53.6 Å². The number of anilines is 2. The van der Waals surface area contributed by atoms with Crippen LogP contribution in [0.1, 0.15) is 26.2 Å². The van der Waals surface area contributed by atoms with E-state index < -0.39 is 6.10 Å². The van der Waals surface area contributed by atoms with Gasteiger partial charge in [0.05, 0.1) is 0 Å². The third-order valence-electron chi connectivity index (χ3n) is 4.35. The summed E-state index contributed by atoms with van der Waals surface area (Å²) in [5, 5.41) is 3.53. The molecule has 0 unspecified atom stereocenters. The molecule has 2 aromatic carbocycles. The van der Waals surface area contributed by atoms with Gasteiger partial charge in [-0.05, 0) is 74.7 Å². The molecule has 5 heteroatoms. The van der Waals surface area contributed by atoms with E-state index in [-0.39, 0.29) is 5.91 Å². The Hall–Kier alpha value is -2.20. The molecule has 1 aliphatic heterocycles. The van der Waals surface area contributed by atoms with Crippen molar-refractivity contribution in [1.82, 2.24) is 0 Å². The summed E-state index contributed by atoms with van der Waals surface area (Å²) in [4.78, 5) is 14.7. The summed E-state index contributed by atoms with van der Waals surface area (Å²) in [6.45, 7) is 3.95. The van der Waals surface area contributed by atoms with Crippen molar-refractivity contribution in [3.8, 4) is 5.75 Å². The van der Waals surface area contributed by atoms with E-state index in [1.54, 1.807) is 31.2 Å². The van der Waals surface area contributed by atoms with E-state index in [4.69, 9.17) is 16.3 Å². The first-order chi connectivity index (χ1) is 12.1. The summed E-state index contributed by atoms with van der Waals surface area (Å²) in [6, 6.07) is 15.0. The van der Waals surface area contributed by atoms with Crippen LogP contribution in [0.15, 0.2) is 48.5 Å². The van der Waals surface area contributed by atoms with Crippen molar-refractivity contribution < 1.29 is 9.53 Å². The minimum atomic E-state index is -0.594. The van der Waals surface area contributed by atoms with Crippen LogP contribution in [-0.4, -0.2) is 25.1 Å². The minimum absolute atomic E-state index is 0.180. The van der Waals surface area contributed by atoms with Gasteiger partial charge in [-0.15, -0.1) is 0 Å². The summed E-state index contributed by atoms with van der Waals surface area (Å²) in [5.74, 6) is 0.438. The molecule has 1 N–H and O–H groups in total. The van der Waals surface area contributed by atoms with Gasteiger partial charge in [-0.25, -0.2) is 0 Å². The van der Waals surface area contributed by atoms with Gasteiger partial charge in [-0.3, -0.25) is 4.79 Å². The zero-order valence-corrected chi connectivity index (χ0v) is 15.1. The fourth-order valence-corrected chi connectivity index (χ4v) is 3.05. The standard InChI is InChI=1S/C20H23ClN2O2/c1-15(25-19-11-5-16(21)6-12-19)20(24)22-17-7-9-18(10-8-17)23-13-3-2-4-14-23/h5-12,15H,2-4,13-14H2,1H3,(H,22,24)/t15-/m0/s1. The van der Waals surface area contributed by atoms with Gasteiger partial charge in [0.15, 0.2) is 6.10 Å². The van der Waals surface area contributed by atoms with Crippen molar-refractivity contribution in [2.45, 2.75) is 32.3 Å². The molecule has 2 aromatic rings. The average molecular weight is 359 g/mol. The Balaban J connectivity index is 1.55. The van der Waals surface area contributed by atoms with Crippen LogP contribution in [0.3, 0.4) is 0 Å². The predicted octanol–water partition coefficient (Wildman–Crippen LogP) is 4.74. The van der Waals surface area contributed by atoms with Gasteiger partial charge in [0.2, 0.25) is 0 Å². The van der Waals surface area contributed by atoms with Gasteiger partial charge in [0.25, 0.3) is 5.91 Å². The van der Waals surface area contributed by atoms with Crippen LogP contribution < -0.4 is 15.0 Å². The normalized spacial score (nSPS) is 15.5. The van der Waals surface area contributed by atoms with Crippen LogP contribution in [0.25, 0.3) is 0 Å². The molecule has 3 rings (SSSR count). The molecule has 0 spiro atoms. The Morgan fingerprint density at radius 3 is 2.32 bits per heavy atom. The lowest BCUT2D eigenvalue weighted by Crippen LogP contribution is -2.30. The first kappa shape index (κ1) is 17.6. The van der Waals surface area contributed by atoms with Gasteiger partial charge in [-0.2, -0.15) is 0 Å². The molecule has 0 radical (unpaired) electrons. The number of amides is 1. The number of carbonyl (C=O) groups excluding carboxylic acids is 1. The molecule has 4 nitrogen and oxygen atoms in total. The van der Waals surface area contributed by atoms with Crippen molar-refractivity contribution in [2.24, 2.45) is 0 Å². The van der Waals surface area contributed by atoms with E-state index in [1.807, 2.05) is 12.1 Å². The number of rotatable bonds is 5. The Morgan fingerprint density at radius 2 is 1.68 bits per heavy atom. The molecule has 0 aliphatic carbocycles. The SMILES string of the molecule is C[C@H](Oc1ccc(Cl)cc1)C(=O)Nc1ccc(N2CCCCC2)cc1. The number of hydrogen-bond donors (Lipinski definition) is 1. The second-order valence-electron chi connectivity index (χ2n) is 6.30. The van der Waals surface area contributed by atoms with E-state index in [9.17, 15) is 4.79 Å². The number of nitrogens with zero attached hydrogens (tertiary/aromatic N) is 1. The lowest BCUT2D eigenvalue weighted by molar-refractivity contribution is -0.122. The van der Waals surface area contributed by atoms with Gasteiger partial charge in [0.1, 0.15) is 5.75 Å². The molecule has 1 heterocycles. The Morgan fingerprint density at radius 1 is 1.04 bits per heavy atom. The Kier molecular flexibility index (Phi) is 5.82. The van der Waals surface area contributed by atoms with Crippen LogP contribution in [0.2, 0.25) is 5.02 Å². The smallest absolute Gasteiger partial charge is 0.265 e. The van der Waals surface area contributed by atoms with Crippen LogP contribution in [0.4, 0.5) is 11.4 Å². The lowest BCUT2D eigenvalue weighted by Gasteiger charge is -2.28. The number of ether oxygens (including phenoxy) is 1. The molecule has 0 bridgehead atoms. The van der Waals surface area contributed by atoms with E-state index in [0.29, 0.717) is 10.8 Å². The molecule has 0 aromatic heterocycles. The summed E-state index contributed by atoms with van der Waals surface area (Å²) in [5.41, 5.74) is 1.99. The highest BCUT2D eigenvalue weighted by Crippen LogP contribution is 2.22. The molecule has 1 saturated heterocycles. The van der Waals surface area contributed by atoms with Crippen LogP contribution in [0.5, 0.6) is 5.75 Å². The zero-order chi connectivity index (χ0) is 17.6. The number of piperidine rings is 1. The monoisotopic (exact) mass is 358 g/mol. The van der Waals surface area contributed by atoms with Crippen LogP contribution >= 0.6 is 11.6 Å². The third kappa shape index (κ3) is 4.89. The van der Waals surface area contributed by atoms with E-state index >= 15 is 0 Å². The third-order valence-corrected chi connectivity index (χ3v) is 4.60. The van der Waals surface area contributed by atoms with E-state index in [0.717, 1.165) is 18.8 Å². The molecular formula is C20H23ClN2O2. The molecule has 1 fully saturated rings. The highest BCUT2D eigenvalue weighted by atomic mass is 35.5. The maximum atomic E-state index is 12.3. The maximum Gasteiger partial charge on any atom is 0.265 e. The van der Waals surface area contributed by atoms with Gasteiger partial charge < -0.3 is 15.0 Å². The lowest BCUT2D eigenvalue weighted by atomic mass is 10.1. The first-order valence-corrected chi connectivity index (χ1v) is 9.08. The second kappa shape index (κ2) is 8.26. The fraction of sp³-hybridized carbons (Fsp3) is 0.350. The molecular weight excluding hydrogens is 336 g/mol. The summed E-state index contributed by atoms with van der Waals surface area (Å²) < 4.78 is 5.64. The van der Waals surface area contributed by atoms with Gasteiger partial charge >= 0.3 is 0 Å². The number of hydrogen-bond acceptors (Lipinski definition) is 3. The van der Waals surface area contributed by atoms with E-state index in [1.165, 1.54) is 24.9 Å². The number of benzene rings is 2. The molecule has 1 amide bonds. The minimum Gasteiger partial charge on any atom is -0.481 e. The Bertz CT molecular complexity index is 695. The first-order valence-electron chi connectivity index (χ1n) is 8.70. The predicted molar refractivity (Wildman–Crippen MR) is 103 cm³/mol. The van der Waals surface area contributed by atoms with Crippen LogP contribution in [0, 0.1) is 0 Å². The highest BCUT2D eigenvalue weighted by molar-refractivity contribution is 6.30. The zero-order valence-electron chi connectivity index (χ0n) is 14.4. The largest absolute Gasteiger partial charge is 0.481 e. The number of halogens is 1. The van der Waals surface area contributed by atoms with Crippen molar-refractivity contribution in [2.75, 3.05) is 23.3 Å². The van der Waals surface area contributed by atoms with Gasteiger partial charge in [-0.1, -0.05) is 11.6 Å². The Labute approximate surface area is 153 Å². The van der Waals surface area contributed by atoms with Crippen molar-refractivity contribution >= 4 is 28.9 Å². The quantitative estimate of drug-likeness (QED) is 0.839. The van der Waals surface area contributed by atoms with E-state index in [2.05, 4.69) is 22.3 Å². The van der Waals surface area contributed by atoms with Crippen molar-refractivity contribution in [1.29, 1.82) is 0 Å².